The van der Waals surface area contributed by atoms with Gasteiger partial charge in [-0.25, -0.2) is 4.98 Å². The van der Waals surface area contributed by atoms with E-state index >= 15 is 0 Å². The van der Waals surface area contributed by atoms with Crippen molar-refractivity contribution in [3.63, 3.8) is 0 Å². The second kappa shape index (κ2) is 5.09. The van der Waals surface area contributed by atoms with Crippen LogP contribution in [0.4, 0.5) is 11.5 Å². The normalized spacial score (nSPS) is 23.6. The first-order valence-corrected chi connectivity index (χ1v) is 5.63. The molecule has 0 bridgehead atoms. The molecule has 0 radical (unpaired) electrons. The van der Waals surface area contributed by atoms with E-state index in [2.05, 4.69) is 10.3 Å². The molecule has 1 aromatic rings. The van der Waals surface area contributed by atoms with Gasteiger partial charge in [-0.15, -0.1) is 0 Å². The highest BCUT2D eigenvalue weighted by molar-refractivity contribution is 5.44. The van der Waals surface area contributed by atoms with E-state index in [1.54, 1.807) is 0 Å². The number of nitrogens with zero attached hydrogens (tertiary/aromatic N) is 2. The molecule has 0 aromatic carbocycles. The molecule has 0 amide bonds. The number of anilines is 1. The highest BCUT2D eigenvalue weighted by atomic mass is 16.6. The van der Waals surface area contributed by atoms with Gasteiger partial charge < -0.3 is 10.1 Å². The summed E-state index contributed by atoms with van der Waals surface area (Å²) in [6, 6.07) is 2.83. The molecule has 17 heavy (non-hydrogen) atoms. The van der Waals surface area contributed by atoms with Crippen molar-refractivity contribution in [1.29, 1.82) is 0 Å². The zero-order chi connectivity index (χ0) is 12.3. The molecule has 6 heteroatoms. The van der Waals surface area contributed by atoms with E-state index in [0.29, 0.717) is 11.7 Å². The molecular weight excluding hydrogens is 222 g/mol. The van der Waals surface area contributed by atoms with Crippen LogP contribution in [0.1, 0.15) is 13.3 Å². The van der Waals surface area contributed by atoms with Gasteiger partial charge in [-0.2, -0.15) is 0 Å². The number of rotatable bonds is 4. The van der Waals surface area contributed by atoms with Crippen molar-refractivity contribution in [1.82, 2.24) is 4.98 Å². The first-order chi connectivity index (χ1) is 8.16. The number of pyridine rings is 1. The second-order valence-corrected chi connectivity index (χ2v) is 4.16. The van der Waals surface area contributed by atoms with Crippen molar-refractivity contribution in [2.24, 2.45) is 5.92 Å². The van der Waals surface area contributed by atoms with E-state index in [9.17, 15) is 10.1 Å². The van der Waals surface area contributed by atoms with E-state index in [-0.39, 0.29) is 11.8 Å². The van der Waals surface area contributed by atoms with Gasteiger partial charge in [0, 0.05) is 31.3 Å². The minimum Gasteiger partial charge on any atom is -0.378 e. The summed E-state index contributed by atoms with van der Waals surface area (Å²) >= 11 is 0. The summed E-state index contributed by atoms with van der Waals surface area (Å²) in [5, 5.41) is 13.7. The van der Waals surface area contributed by atoms with E-state index in [1.807, 2.05) is 6.92 Å². The van der Waals surface area contributed by atoms with Gasteiger partial charge in [0.05, 0.1) is 17.1 Å². The minimum absolute atomic E-state index is 0.0539. The predicted octanol–water partition coefficient (Wildman–Crippen LogP) is 1.83. The predicted molar refractivity (Wildman–Crippen MR) is 62.9 cm³/mol. The Bertz CT molecular complexity index is 411. The smallest absolute Gasteiger partial charge is 0.274 e. The topological polar surface area (TPSA) is 77.3 Å². The van der Waals surface area contributed by atoms with Crippen LogP contribution in [-0.4, -0.2) is 29.2 Å². The maximum Gasteiger partial charge on any atom is 0.274 e. The minimum atomic E-state index is -0.422. The SMILES string of the molecule is CC1OCCC1CNc1cc([N+](=O)[O-])ccn1. The Hall–Kier alpha value is -1.69. The number of hydrogen-bond donors (Lipinski definition) is 1. The van der Waals surface area contributed by atoms with Crippen LogP contribution in [0.25, 0.3) is 0 Å². The molecule has 1 aliphatic rings. The van der Waals surface area contributed by atoms with Crippen molar-refractivity contribution in [2.75, 3.05) is 18.5 Å². The summed E-state index contributed by atoms with van der Waals surface area (Å²) in [6.07, 6.45) is 2.69. The Morgan fingerprint density at radius 2 is 2.53 bits per heavy atom. The Balaban J connectivity index is 1.94. The summed E-state index contributed by atoms with van der Waals surface area (Å²) in [7, 11) is 0. The number of nitro groups is 1. The first-order valence-electron chi connectivity index (χ1n) is 5.63. The van der Waals surface area contributed by atoms with E-state index in [1.165, 1.54) is 18.3 Å². The lowest BCUT2D eigenvalue weighted by atomic mass is 10.0. The molecule has 2 atom stereocenters. The molecule has 1 fully saturated rings. The molecule has 1 aromatic heterocycles. The summed E-state index contributed by atoms with van der Waals surface area (Å²) in [5.41, 5.74) is 0.0539. The fraction of sp³-hybridized carbons (Fsp3) is 0.545. The molecule has 1 saturated heterocycles. The monoisotopic (exact) mass is 237 g/mol. The van der Waals surface area contributed by atoms with Gasteiger partial charge in [0.15, 0.2) is 0 Å². The highest BCUT2D eigenvalue weighted by Gasteiger charge is 2.23. The lowest BCUT2D eigenvalue weighted by molar-refractivity contribution is -0.384. The zero-order valence-corrected chi connectivity index (χ0v) is 9.63. The average Bonchev–Trinajstić information content (AvgIpc) is 2.72. The summed E-state index contributed by atoms with van der Waals surface area (Å²) in [4.78, 5) is 14.2. The molecule has 0 aliphatic carbocycles. The highest BCUT2D eigenvalue weighted by Crippen LogP contribution is 2.21. The molecule has 1 aliphatic heterocycles. The summed E-state index contributed by atoms with van der Waals surface area (Å²) in [5.74, 6) is 0.981. The summed E-state index contributed by atoms with van der Waals surface area (Å²) in [6.45, 7) is 3.56. The Morgan fingerprint density at radius 3 is 3.18 bits per heavy atom. The van der Waals surface area contributed by atoms with E-state index < -0.39 is 4.92 Å². The Kier molecular flexibility index (Phi) is 3.53. The third-order valence-electron chi connectivity index (χ3n) is 3.03. The molecule has 2 heterocycles. The molecule has 6 nitrogen and oxygen atoms in total. The van der Waals surface area contributed by atoms with Crippen LogP contribution in [-0.2, 0) is 4.74 Å². The molecule has 1 N–H and O–H groups in total. The first kappa shape index (κ1) is 11.8. The van der Waals surface area contributed by atoms with E-state index in [4.69, 9.17) is 4.74 Å². The van der Waals surface area contributed by atoms with Crippen LogP contribution in [0.3, 0.4) is 0 Å². The Morgan fingerprint density at radius 1 is 1.71 bits per heavy atom. The lowest BCUT2D eigenvalue weighted by Crippen LogP contribution is -2.21. The summed E-state index contributed by atoms with van der Waals surface area (Å²) < 4.78 is 5.45. The van der Waals surface area contributed by atoms with Gasteiger partial charge in [-0.1, -0.05) is 0 Å². The third-order valence-corrected chi connectivity index (χ3v) is 3.03. The fourth-order valence-corrected chi connectivity index (χ4v) is 1.91. The maximum absolute atomic E-state index is 10.6. The van der Waals surface area contributed by atoms with Gasteiger partial charge in [-0.05, 0) is 13.3 Å². The number of ether oxygens (including phenoxy) is 1. The van der Waals surface area contributed by atoms with Crippen molar-refractivity contribution in [3.05, 3.63) is 28.4 Å². The molecule has 2 rings (SSSR count). The van der Waals surface area contributed by atoms with Gasteiger partial charge >= 0.3 is 0 Å². The van der Waals surface area contributed by atoms with Crippen LogP contribution in [0.5, 0.6) is 0 Å². The van der Waals surface area contributed by atoms with Crippen LogP contribution >= 0.6 is 0 Å². The largest absolute Gasteiger partial charge is 0.378 e. The second-order valence-electron chi connectivity index (χ2n) is 4.16. The number of nitrogens with one attached hydrogen (secondary N) is 1. The quantitative estimate of drug-likeness (QED) is 0.638. The van der Waals surface area contributed by atoms with Crippen molar-refractivity contribution in [3.8, 4) is 0 Å². The molecule has 0 spiro atoms. The number of hydrogen-bond acceptors (Lipinski definition) is 5. The van der Waals surface area contributed by atoms with Crippen molar-refractivity contribution < 1.29 is 9.66 Å². The van der Waals surface area contributed by atoms with Crippen LogP contribution in [0.2, 0.25) is 0 Å². The van der Waals surface area contributed by atoms with Crippen molar-refractivity contribution >= 4 is 11.5 Å². The van der Waals surface area contributed by atoms with Gasteiger partial charge in [0.2, 0.25) is 0 Å². The van der Waals surface area contributed by atoms with E-state index in [0.717, 1.165) is 19.6 Å². The van der Waals surface area contributed by atoms with Crippen LogP contribution < -0.4 is 5.32 Å². The average molecular weight is 237 g/mol. The maximum atomic E-state index is 10.6. The zero-order valence-electron chi connectivity index (χ0n) is 9.63. The fourth-order valence-electron chi connectivity index (χ4n) is 1.91. The molecule has 92 valence electrons. The molecular formula is C11H15N3O3. The lowest BCUT2D eigenvalue weighted by Gasteiger charge is -2.14. The van der Waals surface area contributed by atoms with Gasteiger partial charge in [-0.3, -0.25) is 10.1 Å². The van der Waals surface area contributed by atoms with Gasteiger partial charge in [0.1, 0.15) is 5.82 Å². The standard InChI is InChI=1S/C11H15N3O3/c1-8-9(3-5-17-8)7-13-11-6-10(14(15)16)2-4-12-11/h2,4,6,8-9H,3,5,7H2,1H3,(H,12,13). The number of aromatic nitrogens is 1. The van der Waals surface area contributed by atoms with Crippen LogP contribution in [0, 0.1) is 16.0 Å². The van der Waals surface area contributed by atoms with Crippen LogP contribution in [0.15, 0.2) is 18.3 Å². The Labute approximate surface area is 99.2 Å². The third kappa shape index (κ3) is 2.91. The molecule has 0 saturated carbocycles. The van der Waals surface area contributed by atoms with Gasteiger partial charge in [0.25, 0.3) is 5.69 Å². The molecule has 2 unspecified atom stereocenters. The van der Waals surface area contributed by atoms with Crippen molar-refractivity contribution in [2.45, 2.75) is 19.4 Å².